The highest BCUT2D eigenvalue weighted by Gasteiger charge is 2.42. The molecule has 0 spiro atoms. The van der Waals surface area contributed by atoms with Crippen LogP contribution in [0.2, 0.25) is 0 Å². The lowest BCUT2D eigenvalue weighted by Gasteiger charge is -2.28. The molecule has 0 saturated heterocycles. The van der Waals surface area contributed by atoms with Crippen LogP contribution in [0.3, 0.4) is 0 Å². The van der Waals surface area contributed by atoms with E-state index in [1.54, 1.807) is 6.08 Å². The number of hydrogen-bond donors (Lipinski definition) is 1. The molecule has 4 nitrogen and oxygen atoms in total. The lowest BCUT2D eigenvalue weighted by atomic mass is 9.87. The van der Waals surface area contributed by atoms with Gasteiger partial charge in [-0.3, -0.25) is 4.79 Å². The number of benzene rings is 2. The van der Waals surface area contributed by atoms with Gasteiger partial charge < -0.3 is 14.6 Å². The zero-order valence-electron chi connectivity index (χ0n) is 21.3. The van der Waals surface area contributed by atoms with Gasteiger partial charge in [0.25, 0.3) is 0 Å². The lowest BCUT2D eigenvalue weighted by Crippen LogP contribution is -2.30. The maximum atomic E-state index is 12.6. The fourth-order valence-corrected chi connectivity index (χ4v) is 4.85. The van der Waals surface area contributed by atoms with E-state index in [2.05, 4.69) is 6.92 Å². The van der Waals surface area contributed by atoms with Gasteiger partial charge in [-0.2, -0.15) is 0 Å². The second kappa shape index (κ2) is 15.0. The number of aliphatic hydroxyl groups is 1. The number of hydrogen-bond acceptors (Lipinski definition) is 4. The molecule has 1 N–H and O–H groups in total. The number of allylic oxidation sites excluding steroid dienone is 1. The van der Waals surface area contributed by atoms with E-state index in [-0.39, 0.29) is 11.2 Å². The number of rotatable bonds is 16. The number of ketones is 1. The minimum Gasteiger partial charge on any atom is -0.389 e. The third kappa shape index (κ3) is 9.71. The van der Waals surface area contributed by atoms with Gasteiger partial charge >= 0.3 is 0 Å². The first kappa shape index (κ1) is 27.3. The Hall–Kier alpha value is -2.27. The van der Waals surface area contributed by atoms with Crippen molar-refractivity contribution in [1.29, 1.82) is 0 Å². The summed E-state index contributed by atoms with van der Waals surface area (Å²) in [7, 11) is 0. The molecule has 1 fully saturated rings. The van der Waals surface area contributed by atoms with Crippen molar-refractivity contribution in [2.75, 3.05) is 13.2 Å². The summed E-state index contributed by atoms with van der Waals surface area (Å²) >= 11 is 0. The van der Waals surface area contributed by atoms with Gasteiger partial charge in [-0.1, -0.05) is 99.7 Å². The molecule has 0 radical (unpaired) electrons. The SMILES string of the molecule is CCCCCCCCC(=O)/C=C1/CC(COCc2ccccc2)(COCc2ccccc2)CC1O. The maximum absolute atomic E-state index is 12.6. The zero-order valence-corrected chi connectivity index (χ0v) is 21.3. The highest BCUT2D eigenvalue weighted by molar-refractivity contribution is 5.90. The number of aliphatic hydroxyl groups excluding tert-OH is 1. The summed E-state index contributed by atoms with van der Waals surface area (Å²) in [6.07, 6.45) is 9.78. The standard InChI is InChI=1S/C31H42O4/c1-2-3-4-5-6-13-18-29(32)19-28-20-31(21-30(28)33,24-34-22-26-14-9-7-10-15-26)25-35-23-27-16-11-8-12-17-27/h7-12,14-17,19,30,33H,2-6,13,18,20-25H2,1H3/b28-19-. The second-order valence-corrected chi connectivity index (χ2v) is 10.1. The number of carbonyl (C=O) groups excluding carboxylic acids is 1. The quantitative estimate of drug-likeness (QED) is 0.213. The van der Waals surface area contributed by atoms with Crippen molar-refractivity contribution in [2.45, 2.75) is 84.0 Å². The molecule has 4 heteroatoms. The van der Waals surface area contributed by atoms with E-state index in [0.717, 1.165) is 29.5 Å². The van der Waals surface area contributed by atoms with Gasteiger partial charge in [0.05, 0.1) is 32.5 Å². The zero-order chi connectivity index (χ0) is 24.8. The van der Waals surface area contributed by atoms with E-state index in [1.807, 2.05) is 60.7 Å². The first-order valence-corrected chi connectivity index (χ1v) is 13.2. The van der Waals surface area contributed by atoms with E-state index >= 15 is 0 Å². The topological polar surface area (TPSA) is 55.8 Å². The van der Waals surface area contributed by atoms with Gasteiger partial charge in [-0.15, -0.1) is 0 Å². The molecule has 0 aromatic heterocycles. The summed E-state index contributed by atoms with van der Waals surface area (Å²) in [4.78, 5) is 12.6. The Balaban J connectivity index is 1.56. The molecule has 0 heterocycles. The van der Waals surface area contributed by atoms with Crippen LogP contribution in [0.5, 0.6) is 0 Å². The van der Waals surface area contributed by atoms with Crippen molar-refractivity contribution >= 4 is 5.78 Å². The van der Waals surface area contributed by atoms with Crippen LogP contribution in [0, 0.1) is 5.41 Å². The van der Waals surface area contributed by atoms with Crippen molar-refractivity contribution in [2.24, 2.45) is 5.41 Å². The molecule has 1 unspecified atom stereocenters. The van der Waals surface area contributed by atoms with Gasteiger partial charge in [-0.25, -0.2) is 0 Å². The monoisotopic (exact) mass is 478 g/mol. The third-order valence-electron chi connectivity index (χ3n) is 6.80. The molecule has 190 valence electrons. The molecule has 0 amide bonds. The van der Waals surface area contributed by atoms with Crippen molar-refractivity contribution in [1.82, 2.24) is 0 Å². The lowest BCUT2D eigenvalue weighted by molar-refractivity contribution is -0.114. The van der Waals surface area contributed by atoms with E-state index in [4.69, 9.17) is 9.47 Å². The highest BCUT2D eigenvalue weighted by Crippen LogP contribution is 2.43. The number of unbranched alkanes of at least 4 members (excludes halogenated alkanes) is 5. The Labute approximate surface area is 211 Å². The molecule has 2 aromatic rings. The van der Waals surface area contributed by atoms with Crippen LogP contribution in [0.1, 0.15) is 75.8 Å². The molecule has 1 aliphatic carbocycles. The van der Waals surface area contributed by atoms with Gasteiger partial charge in [0.2, 0.25) is 0 Å². The van der Waals surface area contributed by atoms with E-state index in [0.29, 0.717) is 45.7 Å². The Morgan fingerprint density at radius 1 is 0.886 bits per heavy atom. The van der Waals surface area contributed by atoms with Crippen LogP contribution in [0.15, 0.2) is 72.3 Å². The average Bonchev–Trinajstić information content (AvgIpc) is 3.17. The Morgan fingerprint density at radius 3 is 2.00 bits per heavy atom. The summed E-state index contributed by atoms with van der Waals surface area (Å²) < 4.78 is 12.2. The third-order valence-corrected chi connectivity index (χ3v) is 6.80. The second-order valence-electron chi connectivity index (χ2n) is 10.1. The van der Waals surface area contributed by atoms with Crippen LogP contribution in [0.4, 0.5) is 0 Å². The fraction of sp³-hybridized carbons (Fsp3) is 0.516. The van der Waals surface area contributed by atoms with Gasteiger partial charge in [0.1, 0.15) is 0 Å². The Bertz CT molecular complexity index is 845. The molecule has 0 aliphatic heterocycles. The van der Waals surface area contributed by atoms with Crippen LogP contribution in [-0.4, -0.2) is 30.2 Å². The number of ether oxygens (including phenoxy) is 2. The fourth-order valence-electron chi connectivity index (χ4n) is 4.85. The minimum absolute atomic E-state index is 0.126. The predicted molar refractivity (Wildman–Crippen MR) is 141 cm³/mol. The van der Waals surface area contributed by atoms with Crippen LogP contribution in [0.25, 0.3) is 0 Å². The molecular weight excluding hydrogens is 436 g/mol. The van der Waals surface area contributed by atoms with Crippen LogP contribution < -0.4 is 0 Å². The summed E-state index contributed by atoms with van der Waals surface area (Å²) in [5.74, 6) is 0.126. The van der Waals surface area contributed by atoms with Crippen LogP contribution in [-0.2, 0) is 27.5 Å². The van der Waals surface area contributed by atoms with E-state index < -0.39 is 6.10 Å². The summed E-state index contributed by atoms with van der Waals surface area (Å²) in [6.45, 7) is 4.22. The smallest absolute Gasteiger partial charge is 0.155 e. The molecule has 3 rings (SSSR count). The van der Waals surface area contributed by atoms with Gasteiger partial charge in [0.15, 0.2) is 5.78 Å². The average molecular weight is 479 g/mol. The number of carbonyl (C=O) groups is 1. The summed E-state index contributed by atoms with van der Waals surface area (Å²) in [5, 5.41) is 10.8. The summed E-state index contributed by atoms with van der Waals surface area (Å²) in [5.41, 5.74) is 2.73. The molecular formula is C31H42O4. The highest BCUT2D eigenvalue weighted by atomic mass is 16.5. The first-order chi connectivity index (χ1) is 17.1. The van der Waals surface area contributed by atoms with Crippen molar-refractivity contribution < 1.29 is 19.4 Å². The largest absolute Gasteiger partial charge is 0.389 e. The maximum Gasteiger partial charge on any atom is 0.155 e. The van der Waals surface area contributed by atoms with E-state index in [1.165, 1.54) is 25.7 Å². The molecule has 1 saturated carbocycles. The minimum atomic E-state index is -0.621. The van der Waals surface area contributed by atoms with Gasteiger partial charge in [0, 0.05) is 11.8 Å². The molecule has 0 bridgehead atoms. The van der Waals surface area contributed by atoms with Crippen molar-refractivity contribution in [3.63, 3.8) is 0 Å². The molecule has 1 aliphatic rings. The van der Waals surface area contributed by atoms with Crippen molar-refractivity contribution in [3.8, 4) is 0 Å². The summed E-state index contributed by atoms with van der Waals surface area (Å²) in [6, 6.07) is 20.2. The Morgan fingerprint density at radius 2 is 1.43 bits per heavy atom. The predicted octanol–water partition coefficient (Wildman–Crippen LogP) is 6.81. The van der Waals surface area contributed by atoms with Crippen LogP contribution >= 0.6 is 0 Å². The van der Waals surface area contributed by atoms with Gasteiger partial charge in [-0.05, 0) is 42.0 Å². The molecule has 35 heavy (non-hydrogen) atoms. The Kier molecular flexibility index (Phi) is 11.7. The first-order valence-electron chi connectivity index (χ1n) is 13.2. The van der Waals surface area contributed by atoms with Crippen molar-refractivity contribution in [3.05, 3.63) is 83.4 Å². The van der Waals surface area contributed by atoms with E-state index in [9.17, 15) is 9.90 Å². The molecule has 1 atom stereocenters. The molecule has 2 aromatic carbocycles. The normalized spacial score (nSPS) is 18.2.